The summed E-state index contributed by atoms with van der Waals surface area (Å²) in [5.41, 5.74) is 1.73. The lowest BCUT2D eigenvalue weighted by atomic mass is 9.54. The molecule has 2 saturated carbocycles. The first-order valence-corrected chi connectivity index (χ1v) is 10.8. The molecule has 2 aliphatic heterocycles. The van der Waals surface area contributed by atoms with Crippen LogP contribution in [0.3, 0.4) is 0 Å². The maximum absolute atomic E-state index is 6.14. The van der Waals surface area contributed by atoms with Crippen LogP contribution >= 0.6 is 24.0 Å². The molecule has 7 heteroatoms. The van der Waals surface area contributed by atoms with Gasteiger partial charge in [0.05, 0.1) is 12.3 Å². The van der Waals surface area contributed by atoms with E-state index < -0.39 is 0 Å². The number of likely N-dealkylation sites (tertiary alicyclic amines) is 1. The summed E-state index contributed by atoms with van der Waals surface area (Å²) in [7, 11) is 3.94. The highest BCUT2D eigenvalue weighted by Gasteiger charge is 2.65. The standard InChI is InChI=1S/C21H33N5O.HI/c1-22-20(26-9-5-15(14-26)11-16-12-23-25(2)13-16)24-18-17-6-10-27-19(17)21(18)7-3-4-8-21;/h12-13,15,17-19H,3-11,14H2,1-2H3,(H,22,24);1H. The Hall–Kier alpha value is -0.830. The minimum Gasteiger partial charge on any atom is -0.377 e. The first-order chi connectivity index (χ1) is 13.2. The van der Waals surface area contributed by atoms with Crippen LogP contribution in [-0.2, 0) is 18.2 Å². The quantitative estimate of drug-likeness (QED) is 0.395. The van der Waals surface area contributed by atoms with Gasteiger partial charge in [0.15, 0.2) is 5.96 Å². The number of aryl methyl sites for hydroxylation is 1. The summed E-state index contributed by atoms with van der Waals surface area (Å²) in [5, 5.41) is 8.23. The lowest BCUT2D eigenvalue weighted by molar-refractivity contribution is -0.125. The van der Waals surface area contributed by atoms with Crippen molar-refractivity contribution in [2.75, 3.05) is 26.7 Å². The van der Waals surface area contributed by atoms with Crippen molar-refractivity contribution in [3.63, 3.8) is 0 Å². The van der Waals surface area contributed by atoms with Gasteiger partial charge in [-0.15, -0.1) is 24.0 Å². The SMILES string of the molecule is CN=C(NC1C2CCOC2C12CCCC2)N1CCC(Cc2cnn(C)c2)C1.I. The Bertz CT molecular complexity index is 713. The molecule has 0 aromatic carbocycles. The number of nitrogens with one attached hydrogen (secondary N) is 1. The Morgan fingerprint density at radius 2 is 2.18 bits per heavy atom. The van der Waals surface area contributed by atoms with Gasteiger partial charge in [0.25, 0.3) is 0 Å². The van der Waals surface area contributed by atoms with E-state index in [2.05, 4.69) is 26.5 Å². The van der Waals surface area contributed by atoms with Crippen LogP contribution in [0.15, 0.2) is 17.4 Å². The number of aromatic nitrogens is 2. The molecule has 1 aromatic rings. The molecule has 6 nitrogen and oxygen atoms in total. The van der Waals surface area contributed by atoms with Gasteiger partial charge in [-0.1, -0.05) is 12.8 Å². The summed E-state index contributed by atoms with van der Waals surface area (Å²) in [4.78, 5) is 7.16. The first kappa shape index (κ1) is 20.4. The van der Waals surface area contributed by atoms with Gasteiger partial charge in [-0.2, -0.15) is 5.10 Å². The predicted octanol–water partition coefficient (Wildman–Crippen LogP) is 2.83. The number of guanidine groups is 1. The van der Waals surface area contributed by atoms with Crippen molar-refractivity contribution in [1.82, 2.24) is 20.0 Å². The number of nitrogens with zero attached hydrogens (tertiary/aromatic N) is 4. The van der Waals surface area contributed by atoms with Crippen molar-refractivity contribution >= 4 is 29.9 Å². The lowest BCUT2D eigenvalue weighted by Crippen LogP contribution is -2.69. The molecule has 4 aliphatic rings. The van der Waals surface area contributed by atoms with Crippen LogP contribution in [0.5, 0.6) is 0 Å². The fourth-order valence-electron chi connectivity index (χ4n) is 6.44. The van der Waals surface area contributed by atoms with Crippen molar-refractivity contribution in [2.24, 2.45) is 29.3 Å². The van der Waals surface area contributed by atoms with Crippen molar-refractivity contribution in [2.45, 2.75) is 57.1 Å². The molecule has 3 heterocycles. The van der Waals surface area contributed by atoms with E-state index in [0.29, 0.717) is 29.4 Å². The molecule has 0 radical (unpaired) electrons. The third-order valence-electron chi connectivity index (χ3n) is 7.65. The maximum atomic E-state index is 6.14. The number of ether oxygens (including phenoxy) is 1. The second-order valence-electron chi connectivity index (χ2n) is 9.18. The topological polar surface area (TPSA) is 54.7 Å². The number of aliphatic imine (C=N–C) groups is 1. The van der Waals surface area contributed by atoms with E-state index in [0.717, 1.165) is 32.1 Å². The molecule has 2 aliphatic carbocycles. The zero-order valence-corrected chi connectivity index (χ0v) is 19.5. The number of halogens is 1. The Kier molecular flexibility index (Phi) is 5.93. The number of hydrogen-bond acceptors (Lipinski definition) is 3. The van der Waals surface area contributed by atoms with Crippen LogP contribution in [0.25, 0.3) is 0 Å². The van der Waals surface area contributed by atoms with E-state index in [1.807, 2.05) is 25.0 Å². The molecule has 0 bridgehead atoms. The molecule has 4 unspecified atom stereocenters. The molecule has 5 rings (SSSR count). The van der Waals surface area contributed by atoms with Crippen molar-refractivity contribution < 1.29 is 4.74 Å². The first-order valence-electron chi connectivity index (χ1n) is 10.8. The van der Waals surface area contributed by atoms with Gasteiger partial charge < -0.3 is 15.0 Å². The van der Waals surface area contributed by atoms with Crippen LogP contribution in [0.1, 0.15) is 44.1 Å². The lowest BCUT2D eigenvalue weighted by Gasteiger charge is -2.57. The molecule has 28 heavy (non-hydrogen) atoms. The van der Waals surface area contributed by atoms with Crippen molar-refractivity contribution in [3.05, 3.63) is 18.0 Å². The number of rotatable bonds is 3. The van der Waals surface area contributed by atoms with E-state index in [1.165, 1.54) is 44.1 Å². The van der Waals surface area contributed by atoms with Crippen molar-refractivity contribution in [3.8, 4) is 0 Å². The fraction of sp³-hybridized carbons (Fsp3) is 0.810. The molecular weight excluding hydrogens is 465 g/mol. The molecule has 2 saturated heterocycles. The predicted molar refractivity (Wildman–Crippen MR) is 121 cm³/mol. The maximum Gasteiger partial charge on any atom is 0.193 e. The van der Waals surface area contributed by atoms with Gasteiger partial charge in [-0.3, -0.25) is 9.67 Å². The Balaban J connectivity index is 0.00000192. The molecule has 156 valence electrons. The van der Waals surface area contributed by atoms with E-state index in [-0.39, 0.29) is 24.0 Å². The molecule has 4 fully saturated rings. The zero-order chi connectivity index (χ0) is 18.4. The van der Waals surface area contributed by atoms with Gasteiger partial charge in [0.1, 0.15) is 0 Å². The Morgan fingerprint density at radius 3 is 2.89 bits per heavy atom. The highest BCUT2D eigenvalue weighted by atomic mass is 127. The smallest absolute Gasteiger partial charge is 0.193 e. The average molecular weight is 499 g/mol. The summed E-state index contributed by atoms with van der Waals surface area (Å²) in [5.74, 6) is 2.50. The minimum atomic E-state index is 0. The van der Waals surface area contributed by atoms with Gasteiger partial charge in [-0.05, 0) is 43.6 Å². The van der Waals surface area contributed by atoms with Crippen LogP contribution in [0.4, 0.5) is 0 Å². The monoisotopic (exact) mass is 499 g/mol. The highest BCUT2D eigenvalue weighted by molar-refractivity contribution is 14.0. The second-order valence-corrected chi connectivity index (χ2v) is 9.18. The van der Waals surface area contributed by atoms with Gasteiger partial charge >= 0.3 is 0 Å². The van der Waals surface area contributed by atoms with Gasteiger partial charge in [0, 0.05) is 57.4 Å². The minimum absolute atomic E-state index is 0. The van der Waals surface area contributed by atoms with Gasteiger partial charge in [-0.25, -0.2) is 0 Å². The van der Waals surface area contributed by atoms with Crippen LogP contribution in [0.2, 0.25) is 0 Å². The molecule has 1 spiro atoms. The third-order valence-corrected chi connectivity index (χ3v) is 7.65. The van der Waals surface area contributed by atoms with Crippen LogP contribution in [0, 0.1) is 17.3 Å². The van der Waals surface area contributed by atoms with E-state index in [4.69, 9.17) is 4.74 Å². The molecule has 0 amide bonds. The van der Waals surface area contributed by atoms with E-state index >= 15 is 0 Å². The highest BCUT2D eigenvalue weighted by Crippen LogP contribution is 2.60. The second kappa shape index (κ2) is 8.13. The third kappa shape index (κ3) is 3.36. The Labute approximate surface area is 185 Å². The number of hydrogen-bond donors (Lipinski definition) is 1. The molecule has 4 atom stereocenters. The zero-order valence-electron chi connectivity index (χ0n) is 17.1. The van der Waals surface area contributed by atoms with Crippen molar-refractivity contribution in [1.29, 1.82) is 0 Å². The largest absolute Gasteiger partial charge is 0.377 e. The van der Waals surface area contributed by atoms with E-state index in [9.17, 15) is 0 Å². The summed E-state index contributed by atoms with van der Waals surface area (Å²) in [6.07, 6.45) is 13.6. The number of fused-ring (bicyclic) bond motifs is 2. The average Bonchev–Trinajstić information content (AvgIpc) is 3.42. The molecular formula is C21H34IN5O. The van der Waals surface area contributed by atoms with Crippen LogP contribution < -0.4 is 5.32 Å². The fourth-order valence-corrected chi connectivity index (χ4v) is 6.44. The van der Waals surface area contributed by atoms with Gasteiger partial charge in [0.2, 0.25) is 0 Å². The summed E-state index contributed by atoms with van der Waals surface area (Å²) >= 11 is 0. The summed E-state index contributed by atoms with van der Waals surface area (Å²) in [6, 6.07) is 0.559. The normalized spacial score (nSPS) is 33.6. The molecule has 1 aromatic heterocycles. The Morgan fingerprint density at radius 1 is 1.36 bits per heavy atom. The summed E-state index contributed by atoms with van der Waals surface area (Å²) in [6.45, 7) is 3.15. The molecule has 1 N–H and O–H groups in total. The van der Waals surface area contributed by atoms with E-state index in [1.54, 1.807) is 0 Å². The summed E-state index contributed by atoms with van der Waals surface area (Å²) < 4.78 is 8.05. The van der Waals surface area contributed by atoms with Crippen LogP contribution in [-0.4, -0.2) is 59.5 Å².